The van der Waals surface area contributed by atoms with Crippen LogP contribution in [0.2, 0.25) is 0 Å². The summed E-state index contributed by atoms with van der Waals surface area (Å²) in [6.07, 6.45) is -1.48. The van der Waals surface area contributed by atoms with E-state index in [2.05, 4.69) is 6.58 Å². The van der Waals surface area contributed by atoms with Crippen molar-refractivity contribution in [2.75, 3.05) is 39.6 Å². The van der Waals surface area contributed by atoms with E-state index in [0.29, 0.717) is 13.2 Å². The molecule has 10 heteroatoms. The lowest BCUT2D eigenvalue weighted by molar-refractivity contribution is -0.168. The number of rotatable bonds is 19. The molecule has 2 atom stereocenters. The van der Waals surface area contributed by atoms with Crippen molar-refractivity contribution in [3.63, 3.8) is 0 Å². The van der Waals surface area contributed by atoms with Gasteiger partial charge in [0, 0.05) is 5.57 Å². The highest BCUT2D eigenvalue weighted by molar-refractivity contribution is 5.95. The SMILES string of the molecule is C=C(CC(=O)OC(C)C(=O)OCCOCCc1ccccc1)C(=O)OC(C)C(=O)OCCOCCc1ccccc1. The molecule has 0 spiro atoms. The minimum Gasteiger partial charge on any atom is -0.461 e. The molecule has 222 valence electrons. The number of hydrogen-bond acceptors (Lipinski definition) is 10. The second-order valence-corrected chi connectivity index (χ2v) is 8.99. The van der Waals surface area contributed by atoms with Crippen molar-refractivity contribution in [1.82, 2.24) is 0 Å². The summed E-state index contributed by atoms with van der Waals surface area (Å²) in [6.45, 7) is 7.53. The van der Waals surface area contributed by atoms with Crippen LogP contribution in [0.3, 0.4) is 0 Å². The Bertz CT molecular complexity index is 1100. The predicted molar refractivity (Wildman–Crippen MR) is 149 cm³/mol. The van der Waals surface area contributed by atoms with Gasteiger partial charge in [0.1, 0.15) is 13.2 Å². The first-order valence-corrected chi connectivity index (χ1v) is 13.4. The van der Waals surface area contributed by atoms with Gasteiger partial charge in [0.2, 0.25) is 0 Å². The third kappa shape index (κ3) is 14.3. The van der Waals surface area contributed by atoms with Gasteiger partial charge in [-0.25, -0.2) is 14.4 Å². The van der Waals surface area contributed by atoms with E-state index in [1.54, 1.807) is 0 Å². The fourth-order valence-electron chi connectivity index (χ4n) is 3.34. The lowest BCUT2D eigenvalue weighted by Gasteiger charge is -2.15. The van der Waals surface area contributed by atoms with Gasteiger partial charge in [-0.1, -0.05) is 67.2 Å². The normalized spacial score (nSPS) is 12.0. The lowest BCUT2D eigenvalue weighted by atomic mass is 10.2. The van der Waals surface area contributed by atoms with E-state index < -0.39 is 42.5 Å². The van der Waals surface area contributed by atoms with E-state index in [1.807, 2.05) is 60.7 Å². The number of carbonyl (C=O) groups is 4. The molecule has 2 aromatic carbocycles. The molecule has 0 saturated heterocycles. The zero-order valence-corrected chi connectivity index (χ0v) is 23.6. The van der Waals surface area contributed by atoms with Gasteiger partial charge in [0.25, 0.3) is 0 Å². The number of ether oxygens (including phenoxy) is 6. The predicted octanol–water partition coefficient (Wildman–Crippen LogP) is 3.40. The fraction of sp³-hybridized carbons (Fsp3) is 0.419. The van der Waals surface area contributed by atoms with Crippen LogP contribution in [-0.4, -0.2) is 75.7 Å². The number of carbonyl (C=O) groups excluding carboxylic acids is 4. The van der Waals surface area contributed by atoms with Crippen molar-refractivity contribution in [2.45, 2.75) is 45.3 Å². The molecular formula is C31H38O10. The maximum atomic E-state index is 12.2. The van der Waals surface area contributed by atoms with Gasteiger partial charge in [-0.05, 0) is 37.8 Å². The van der Waals surface area contributed by atoms with Crippen molar-refractivity contribution < 1.29 is 47.6 Å². The molecule has 2 aromatic rings. The van der Waals surface area contributed by atoms with E-state index >= 15 is 0 Å². The van der Waals surface area contributed by atoms with E-state index in [4.69, 9.17) is 28.4 Å². The second kappa shape index (κ2) is 19.1. The van der Waals surface area contributed by atoms with Gasteiger partial charge in [0.05, 0.1) is 32.8 Å². The average Bonchev–Trinajstić information content (AvgIpc) is 2.97. The summed E-state index contributed by atoms with van der Waals surface area (Å²) in [6, 6.07) is 19.6. The molecule has 2 rings (SSSR count). The standard InChI is InChI=1S/C31H38O10/c1-23(29(33)41-25(3)31(35)39-21-19-37-17-15-27-12-8-5-9-13-27)22-28(32)40-24(2)30(34)38-20-18-36-16-14-26-10-6-4-7-11-26/h4-13,24-25H,1,14-22H2,2-3H3. The van der Waals surface area contributed by atoms with Gasteiger partial charge in [-0.15, -0.1) is 0 Å². The van der Waals surface area contributed by atoms with Gasteiger partial charge < -0.3 is 28.4 Å². The van der Waals surface area contributed by atoms with Crippen LogP contribution in [0.4, 0.5) is 0 Å². The molecule has 10 nitrogen and oxygen atoms in total. The van der Waals surface area contributed by atoms with E-state index in [1.165, 1.54) is 13.8 Å². The van der Waals surface area contributed by atoms with Crippen molar-refractivity contribution in [3.8, 4) is 0 Å². The molecule has 41 heavy (non-hydrogen) atoms. The lowest BCUT2D eigenvalue weighted by Crippen LogP contribution is -2.29. The van der Waals surface area contributed by atoms with Gasteiger partial charge in [-0.2, -0.15) is 0 Å². The molecule has 0 bridgehead atoms. The van der Waals surface area contributed by atoms with Gasteiger partial charge >= 0.3 is 23.9 Å². The topological polar surface area (TPSA) is 124 Å². The highest BCUT2D eigenvalue weighted by atomic mass is 16.6. The molecule has 0 N–H and O–H groups in total. The Kier molecular flexibility index (Phi) is 15.5. The summed E-state index contributed by atoms with van der Waals surface area (Å²) in [5.74, 6) is -3.36. The van der Waals surface area contributed by atoms with Crippen LogP contribution in [0.25, 0.3) is 0 Å². The molecule has 0 aliphatic carbocycles. The molecule has 0 amide bonds. The first kappa shape index (κ1) is 33.2. The first-order chi connectivity index (χ1) is 19.8. The average molecular weight is 571 g/mol. The molecular weight excluding hydrogens is 532 g/mol. The maximum Gasteiger partial charge on any atom is 0.347 e. The van der Waals surface area contributed by atoms with E-state index in [-0.39, 0.29) is 32.0 Å². The summed E-state index contributed by atoms with van der Waals surface area (Å²) in [4.78, 5) is 48.5. The third-order valence-corrected chi connectivity index (χ3v) is 5.60. The van der Waals surface area contributed by atoms with Crippen LogP contribution in [0.15, 0.2) is 72.8 Å². The zero-order chi connectivity index (χ0) is 29.9. The highest BCUT2D eigenvalue weighted by Crippen LogP contribution is 2.09. The first-order valence-electron chi connectivity index (χ1n) is 13.4. The molecule has 0 aliphatic rings. The summed E-state index contributed by atoms with van der Waals surface area (Å²) < 4.78 is 31.0. The molecule has 0 saturated carbocycles. The Morgan fingerprint density at radius 2 is 1.07 bits per heavy atom. The Hall–Kier alpha value is -4.02. The molecule has 2 unspecified atom stereocenters. The number of hydrogen-bond donors (Lipinski definition) is 0. The Morgan fingerprint density at radius 3 is 1.54 bits per heavy atom. The van der Waals surface area contributed by atoms with Crippen LogP contribution < -0.4 is 0 Å². The van der Waals surface area contributed by atoms with Crippen LogP contribution in [-0.2, 0) is 60.4 Å². The van der Waals surface area contributed by atoms with Crippen LogP contribution in [0, 0.1) is 0 Å². The van der Waals surface area contributed by atoms with Crippen LogP contribution in [0.5, 0.6) is 0 Å². The van der Waals surface area contributed by atoms with Crippen molar-refractivity contribution in [2.24, 2.45) is 0 Å². The zero-order valence-electron chi connectivity index (χ0n) is 23.6. The summed E-state index contributed by atoms with van der Waals surface area (Å²) in [7, 11) is 0. The number of esters is 4. The molecule has 0 aromatic heterocycles. The van der Waals surface area contributed by atoms with Crippen molar-refractivity contribution in [1.29, 1.82) is 0 Å². The van der Waals surface area contributed by atoms with E-state index in [0.717, 1.165) is 24.0 Å². The van der Waals surface area contributed by atoms with Crippen molar-refractivity contribution >= 4 is 23.9 Å². The quantitative estimate of drug-likeness (QED) is 0.107. The molecule has 0 fully saturated rings. The monoisotopic (exact) mass is 570 g/mol. The second-order valence-electron chi connectivity index (χ2n) is 8.99. The van der Waals surface area contributed by atoms with Crippen LogP contribution >= 0.6 is 0 Å². The fourth-order valence-corrected chi connectivity index (χ4v) is 3.34. The minimum absolute atomic E-state index is 0.00233. The van der Waals surface area contributed by atoms with Gasteiger partial charge in [0.15, 0.2) is 12.2 Å². The smallest absolute Gasteiger partial charge is 0.347 e. The maximum absolute atomic E-state index is 12.2. The summed E-state index contributed by atoms with van der Waals surface area (Å²) >= 11 is 0. The Labute approximate surface area is 240 Å². The summed E-state index contributed by atoms with van der Waals surface area (Å²) in [5.41, 5.74) is 2.03. The third-order valence-electron chi connectivity index (χ3n) is 5.60. The highest BCUT2D eigenvalue weighted by Gasteiger charge is 2.24. The minimum atomic E-state index is -1.22. The van der Waals surface area contributed by atoms with Crippen LogP contribution in [0.1, 0.15) is 31.4 Å². The van der Waals surface area contributed by atoms with Crippen molar-refractivity contribution in [3.05, 3.63) is 83.9 Å². The molecule has 0 aliphatic heterocycles. The molecule has 0 heterocycles. The Morgan fingerprint density at radius 1 is 0.634 bits per heavy atom. The Balaban J connectivity index is 1.54. The number of benzene rings is 2. The molecule has 0 radical (unpaired) electrons. The summed E-state index contributed by atoms with van der Waals surface area (Å²) in [5, 5.41) is 0. The van der Waals surface area contributed by atoms with Gasteiger partial charge in [-0.3, -0.25) is 4.79 Å². The van der Waals surface area contributed by atoms with E-state index in [9.17, 15) is 19.2 Å². The largest absolute Gasteiger partial charge is 0.461 e.